The highest BCUT2D eigenvalue weighted by molar-refractivity contribution is 8.00. The van der Waals surface area contributed by atoms with E-state index in [1.807, 2.05) is 38.1 Å². The van der Waals surface area contributed by atoms with Crippen LogP contribution in [0.3, 0.4) is 0 Å². The number of rotatable bonds is 8. The predicted molar refractivity (Wildman–Crippen MR) is 81.0 cm³/mol. The summed E-state index contributed by atoms with van der Waals surface area (Å²) >= 11 is 1.47. The third kappa shape index (κ3) is 6.10. The van der Waals surface area contributed by atoms with Gasteiger partial charge in [-0.05, 0) is 25.0 Å². The van der Waals surface area contributed by atoms with Crippen molar-refractivity contribution in [3.8, 4) is 0 Å². The second-order valence-electron chi connectivity index (χ2n) is 4.71. The number of amides is 1. The number of nitrogens with one attached hydrogen (secondary N) is 1. The predicted octanol–water partition coefficient (Wildman–Crippen LogP) is 2.85. The SMILES string of the molecule is CCCC(CC(=O)O)NC(=O)CSc1ccccc1C. The van der Waals surface area contributed by atoms with E-state index >= 15 is 0 Å². The van der Waals surface area contributed by atoms with Crippen LogP contribution in [0.25, 0.3) is 0 Å². The Hall–Kier alpha value is -1.49. The Kier molecular flexibility index (Phi) is 7.15. The number of carboxylic acids is 1. The minimum Gasteiger partial charge on any atom is -0.481 e. The monoisotopic (exact) mass is 295 g/mol. The van der Waals surface area contributed by atoms with E-state index in [-0.39, 0.29) is 18.4 Å². The molecule has 0 spiro atoms. The van der Waals surface area contributed by atoms with Gasteiger partial charge in [0.15, 0.2) is 0 Å². The lowest BCUT2D eigenvalue weighted by atomic mass is 10.1. The topological polar surface area (TPSA) is 66.4 Å². The molecule has 0 aromatic heterocycles. The molecule has 0 aliphatic heterocycles. The second kappa shape index (κ2) is 8.64. The van der Waals surface area contributed by atoms with Crippen molar-refractivity contribution in [3.05, 3.63) is 29.8 Å². The minimum absolute atomic E-state index is 0.0192. The van der Waals surface area contributed by atoms with Gasteiger partial charge in [-0.25, -0.2) is 0 Å². The molecule has 1 rings (SSSR count). The average Bonchev–Trinajstić information content (AvgIpc) is 2.37. The van der Waals surface area contributed by atoms with Crippen molar-refractivity contribution in [2.24, 2.45) is 0 Å². The number of benzene rings is 1. The Morgan fingerprint density at radius 2 is 2.05 bits per heavy atom. The standard InChI is InChI=1S/C15H21NO3S/c1-3-6-12(9-15(18)19)16-14(17)10-20-13-8-5-4-7-11(13)2/h4-5,7-8,12H,3,6,9-10H2,1-2H3,(H,16,17)(H,18,19). The lowest BCUT2D eigenvalue weighted by Gasteiger charge is -2.16. The van der Waals surface area contributed by atoms with Crippen molar-refractivity contribution >= 4 is 23.6 Å². The summed E-state index contributed by atoms with van der Waals surface area (Å²) in [5.41, 5.74) is 1.14. The maximum atomic E-state index is 11.9. The summed E-state index contributed by atoms with van der Waals surface area (Å²) in [6, 6.07) is 7.61. The van der Waals surface area contributed by atoms with Crippen LogP contribution in [0, 0.1) is 6.92 Å². The van der Waals surface area contributed by atoms with Crippen molar-refractivity contribution in [2.45, 2.75) is 44.0 Å². The molecule has 0 heterocycles. The molecule has 0 aliphatic carbocycles. The molecular weight excluding hydrogens is 274 g/mol. The number of aliphatic carboxylic acids is 1. The third-order valence-electron chi connectivity index (χ3n) is 2.88. The number of aryl methyl sites for hydroxylation is 1. The fourth-order valence-electron chi connectivity index (χ4n) is 1.92. The van der Waals surface area contributed by atoms with E-state index in [2.05, 4.69) is 5.32 Å². The van der Waals surface area contributed by atoms with Gasteiger partial charge >= 0.3 is 5.97 Å². The zero-order valence-electron chi connectivity index (χ0n) is 11.9. The summed E-state index contributed by atoms with van der Waals surface area (Å²) in [7, 11) is 0. The Bertz CT molecular complexity index is 462. The van der Waals surface area contributed by atoms with Crippen LogP contribution in [0.2, 0.25) is 0 Å². The molecule has 4 nitrogen and oxygen atoms in total. The highest BCUT2D eigenvalue weighted by atomic mass is 32.2. The summed E-state index contributed by atoms with van der Waals surface area (Å²) in [4.78, 5) is 23.7. The van der Waals surface area contributed by atoms with Crippen LogP contribution >= 0.6 is 11.8 Å². The van der Waals surface area contributed by atoms with Crippen LogP contribution in [0.1, 0.15) is 31.7 Å². The summed E-state index contributed by atoms with van der Waals surface area (Å²) in [5, 5.41) is 11.6. The first-order valence-corrected chi connectivity index (χ1v) is 7.71. The Labute approximate surface area is 124 Å². The van der Waals surface area contributed by atoms with Crippen molar-refractivity contribution in [1.29, 1.82) is 0 Å². The maximum Gasteiger partial charge on any atom is 0.305 e. The van der Waals surface area contributed by atoms with Gasteiger partial charge in [-0.1, -0.05) is 31.5 Å². The minimum atomic E-state index is -0.879. The molecule has 1 aromatic carbocycles. The van der Waals surface area contributed by atoms with Gasteiger partial charge in [0, 0.05) is 10.9 Å². The van der Waals surface area contributed by atoms with Gasteiger partial charge in [0.1, 0.15) is 0 Å². The van der Waals surface area contributed by atoms with Gasteiger partial charge in [0.05, 0.1) is 12.2 Å². The van der Waals surface area contributed by atoms with Crippen molar-refractivity contribution in [3.63, 3.8) is 0 Å². The van der Waals surface area contributed by atoms with Crippen LogP contribution < -0.4 is 5.32 Å². The normalized spacial score (nSPS) is 11.9. The van der Waals surface area contributed by atoms with E-state index in [1.54, 1.807) is 0 Å². The molecule has 1 aromatic rings. The number of thioether (sulfide) groups is 1. The molecule has 0 bridgehead atoms. The second-order valence-corrected chi connectivity index (χ2v) is 5.72. The molecule has 5 heteroatoms. The van der Waals surface area contributed by atoms with Crippen molar-refractivity contribution < 1.29 is 14.7 Å². The molecule has 0 radical (unpaired) electrons. The Morgan fingerprint density at radius 3 is 2.65 bits per heavy atom. The largest absolute Gasteiger partial charge is 0.481 e. The summed E-state index contributed by atoms with van der Waals surface area (Å²) < 4.78 is 0. The third-order valence-corrected chi connectivity index (χ3v) is 4.05. The van der Waals surface area contributed by atoms with Crippen LogP contribution in [0.15, 0.2) is 29.2 Å². The number of carbonyl (C=O) groups is 2. The zero-order valence-corrected chi connectivity index (χ0v) is 12.7. The molecule has 0 fully saturated rings. The molecule has 1 atom stereocenters. The first-order chi connectivity index (χ1) is 9.52. The number of hydrogen-bond donors (Lipinski definition) is 2. The fraction of sp³-hybridized carbons (Fsp3) is 0.467. The summed E-state index contributed by atoms with van der Waals surface area (Å²) in [5.74, 6) is -0.682. The summed E-state index contributed by atoms with van der Waals surface area (Å²) in [6.45, 7) is 3.98. The molecule has 1 unspecified atom stereocenters. The first-order valence-electron chi connectivity index (χ1n) is 6.72. The van der Waals surface area contributed by atoms with Gasteiger partial charge in [-0.3, -0.25) is 9.59 Å². The van der Waals surface area contributed by atoms with E-state index in [4.69, 9.17) is 5.11 Å². The molecule has 110 valence electrons. The number of hydrogen-bond acceptors (Lipinski definition) is 3. The van der Waals surface area contributed by atoms with Crippen LogP contribution in [-0.2, 0) is 9.59 Å². The van der Waals surface area contributed by atoms with Crippen molar-refractivity contribution in [1.82, 2.24) is 5.32 Å². The zero-order chi connectivity index (χ0) is 15.0. The molecule has 0 saturated carbocycles. The number of carbonyl (C=O) groups excluding carboxylic acids is 1. The lowest BCUT2D eigenvalue weighted by molar-refractivity contribution is -0.137. The molecular formula is C15H21NO3S. The smallest absolute Gasteiger partial charge is 0.305 e. The van der Waals surface area contributed by atoms with E-state index < -0.39 is 5.97 Å². The van der Waals surface area contributed by atoms with E-state index in [0.717, 1.165) is 16.9 Å². The quantitative estimate of drug-likeness (QED) is 0.724. The van der Waals surface area contributed by atoms with Gasteiger partial charge in [-0.15, -0.1) is 11.8 Å². The van der Waals surface area contributed by atoms with Gasteiger partial charge in [0.25, 0.3) is 0 Å². The molecule has 1 amide bonds. The van der Waals surface area contributed by atoms with Gasteiger partial charge in [-0.2, -0.15) is 0 Å². The Morgan fingerprint density at radius 1 is 1.35 bits per heavy atom. The average molecular weight is 295 g/mol. The first kappa shape index (κ1) is 16.6. The van der Waals surface area contributed by atoms with Crippen molar-refractivity contribution in [2.75, 3.05) is 5.75 Å². The van der Waals surface area contributed by atoms with Crippen LogP contribution in [0.5, 0.6) is 0 Å². The van der Waals surface area contributed by atoms with E-state index in [1.165, 1.54) is 11.8 Å². The highest BCUT2D eigenvalue weighted by Gasteiger charge is 2.15. The lowest BCUT2D eigenvalue weighted by Crippen LogP contribution is -2.37. The fourth-order valence-corrected chi connectivity index (χ4v) is 2.76. The molecule has 0 aliphatic rings. The highest BCUT2D eigenvalue weighted by Crippen LogP contribution is 2.21. The maximum absolute atomic E-state index is 11.9. The van der Waals surface area contributed by atoms with Gasteiger partial charge < -0.3 is 10.4 Å². The molecule has 20 heavy (non-hydrogen) atoms. The molecule has 2 N–H and O–H groups in total. The molecule has 0 saturated heterocycles. The van der Waals surface area contributed by atoms with E-state index in [0.29, 0.717) is 12.2 Å². The van der Waals surface area contributed by atoms with Crippen LogP contribution in [0.4, 0.5) is 0 Å². The van der Waals surface area contributed by atoms with Gasteiger partial charge in [0.2, 0.25) is 5.91 Å². The Balaban J connectivity index is 2.45. The summed E-state index contributed by atoms with van der Waals surface area (Å²) in [6.07, 6.45) is 1.52. The van der Waals surface area contributed by atoms with E-state index in [9.17, 15) is 9.59 Å². The van der Waals surface area contributed by atoms with Crippen LogP contribution in [-0.4, -0.2) is 28.8 Å². The number of carboxylic acid groups (broad SMARTS) is 1.